The highest BCUT2D eigenvalue weighted by atomic mass is 16.6. The van der Waals surface area contributed by atoms with E-state index in [0.717, 1.165) is 0 Å². The average molecular weight is 193 g/mol. The zero-order chi connectivity index (χ0) is 10.6. The first-order chi connectivity index (χ1) is 6.69. The first kappa shape index (κ1) is 10.2. The van der Waals surface area contributed by atoms with Gasteiger partial charge in [-0.15, -0.1) is 0 Å². The van der Waals surface area contributed by atoms with Gasteiger partial charge in [0.15, 0.2) is 0 Å². The summed E-state index contributed by atoms with van der Waals surface area (Å²) >= 11 is 0. The summed E-state index contributed by atoms with van der Waals surface area (Å²) in [7, 11) is 0. The van der Waals surface area contributed by atoms with Crippen LogP contribution in [0.1, 0.15) is 18.9 Å². The van der Waals surface area contributed by atoms with Gasteiger partial charge in [-0.05, 0) is 6.42 Å². The van der Waals surface area contributed by atoms with E-state index in [4.69, 9.17) is 5.84 Å². The van der Waals surface area contributed by atoms with Crippen LogP contribution in [0.3, 0.4) is 0 Å². The SMILES string of the molecule is CC/C(=N\N)c1cccc([N+](=O)[O-])c1. The van der Waals surface area contributed by atoms with Crippen molar-refractivity contribution in [1.82, 2.24) is 0 Å². The van der Waals surface area contributed by atoms with Crippen molar-refractivity contribution < 1.29 is 4.92 Å². The highest BCUT2D eigenvalue weighted by Gasteiger charge is 2.08. The minimum Gasteiger partial charge on any atom is -0.323 e. The van der Waals surface area contributed by atoms with E-state index in [0.29, 0.717) is 17.7 Å². The van der Waals surface area contributed by atoms with Crippen LogP contribution in [0.4, 0.5) is 5.69 Å². The van der Waals surface area contributed by atoms with E-state index < -0.39 is 4.92 Å². The van der Waals surface area contributed by atoms with Crippen LogP contribution in [0.5, 0.6) is 0 Å². The van der Waals surface area contributed by atoms with Crippen molar-refractivity contribution in [1.29, 1.82) is 0 Å². The number of nitro benzene ring substituents is 1. The molecular formula is C9H11N3O2. The number of nitrogens with two attached hydrogens (primary N) is 1. The predicted molar refractivity (Wildman–Crippen MR) is 54.1 cm³/mol. The molecule has 0 amide bonds. The summed E-state index contributed by atoms with van der Waals surface area (Å²) in [6.07, 6.45) is 0.650. The summed E-state index contributed by atoms with van der Waals surface area (Å²) in [6, 6.07) is 6.28. The number of hydrazone groups is 1. The zero-order valence-electron chi connectivity index (χ0n) is 7.80. The number of non-ortho nitro benzene ring substituents is 1. The van der Waals surface area contributed by atoms with Gasteiger partial charge in [0, 0.05) is 17.7 Å². The summed E-state index contributed by atoms with van der Waals surface area (Å²) in [5.41, 5.74) is 1.41. The first-order valence-electron chi connectivity index (χ1n) is 4.20. The third kappa shape index (κ3) is 2.07. The maximum Gasteiger partial charge on any atom is 0.270 e. The Morgan fingerprint density at radius 2 is 2.36 bits per heavy atom. The van der Waals surface area contributed by atoms with Crippen LogP contribution in [-0.4, -0.2) is 10.6 Å². The molecular weight excluding hydrogens is 182 g/mol. The highest BCUT2D eigenvalue weighted by molar-refractivity contribution is 6.00. The Kier molecular flexibility index (Phi) is 3.17. The molecule has 1 rings (SSSR count). The van der Waals surface area contributed by atoms with E-state index in [9.17, 15) is 10.1 Å². The molecule has 2 N–H and O–H groups in total. The van der Waals surface area contributed by atoms with Crippen molar-refractivity contribution in [3.05, 3.63) is 39.9 Å². The monoisotopic (exact) mass is 193 g/mol. The van der Waals surface area contributed by atoms with Crippen LogP contribution >= 0.6 is 0 Å². The fourth-order valence-corrected chi connectivity index (χ4v) is 1.17. The summed E-state index contributed by atoms with van der Waals surface area (Å²) in [5, 5.41) is 14.1. The molecule has 1 aromatic rings. The van der Waals surface area contributed by atoms with Gasteiger partial charge in [-0.25, -0.2) is 0 Å². The standard InChI is InChI=1S/C9H11N3O2/c1-2-9(11-10)7-4-3-5-8(6-7)12(13)14/h3-6H,2,10H2,1H3/b11-9+. The molecule has 0 aliphatic carbocycles. The van der Waals surface area contributed by atoms with Crippen LogP contribution in [0, 0.1) is 10.1 Å². The Morgan fingerprint density at radius 1 is 1.64 bits per heavy atom. The molecule has 0 aliphatic rings. The molecule has 5 heteroatoms. The molecule has 0 aliphatic heterocycles. The van der Waals surface area contributed by atoms with E-state index in [1.54, 1.807) is 12.1 Å². The van der Waals surface area contributed by atoms with Gasteiger partial charge in [0.1, 0.15) is 0 Å². The molecule has 0 saturated heterocycles. The van der Waals surface area contributed by atoms with Gasteiger partial charge >= 0.3 is 0 Å². The molecule has 5 nitrogen and oxygen atoms in total. The van der Waals surface area contributed by atoms with Crippen LogP contribution in [0.15, 0.2) is 29.4 Å². The molecule has 0 heterocycles. The quantitative estimate of drug-likeness (QED) is 0.343. The average Bonchev–Trinajstić information content (AvgIpc) is 2.20. The number of rotatable bonds is 3. The maximum absolute atomic E-state index is 10.5. The molecule has 0 bridgehead atoms. The minimum atomic E-state index is -0.437. The molecule has 0 saturated carbocycles. The van der Waals surface area contributed by atoms with Crippen molar-refractivity contribution in [3.63, 3.8) is 0 Å². The number of nitro groups is 1. The second-order valence-corrected chi connectivity index (χ2v) is 2.74. The lowest BCUT2D eigenvalue weighted by Gasteiger charge is -2.01. The summed E-state index contributed by atoms with van der Waals surface area (Å²) in [5.74, 6) is 5.16. The second kappa shape index (κ2) is 4.36. The van der Waals surface area contributed by atoms with Crippen LogP contribution in [0.25, 0.3) is 0 Å². The Labute approximate surface area is 81.4 Å². The number of benzene rings is 1. The number of hydrogen-bond donors (Lipinski definition) is 1. The molecule has 0 unspecified atom stereocenters. The summed E-state index contributed by atoms with van der Waals surface area (Å²) < 4.78 is 0. The number of hydrogen-bond acceptors (Lipinski definition) is 4. The van der Waals surface area contributed by atoms with E-state index in [1.807, 2.05) is 6.92 Å². The zero-order valence-corrected chi connectivity index (χ0v) is 7.80. The van der Waals surface area contributed by atoms with Crippen molar-refractivity contribution in [2.75, 3.05) is 0 Å². The summed E-state index contributed by atoms with van der Waals surface area (Å²) in [6.45, 7) is 1.89. The van der Waals surface area contributed by atoms with Crippen molar-refractivity contribution in [3.8, 4) is 0 Å². The van der Waals surface area contributed by atoms with Gasteiger partial charge in [-0.1, -0.05) is 19.1 Å². The normalized spacial score (nSPS) is 11.4. The van der Waals surface area contributed by atoms with Crippen LogP contribution in [-0.2, 0) is 0 Å². The molecule has 14 heavy (non-hydrogen) atoms. The lowest BCUT2D eigenvalue weighted by Crippen LogP contribution is -2.03. The minimum absolute atomic E-state index is 0.0529. The van der Waals surface area contributed by atoms with Gasteiger partial charge in [-0.3, -0.25) is 10.1 Å². The fourth-order valence-electron chi connectivity index (χ4n) is 1.17. The molecule has 0 aromatic heterocycles. The van der Waals surface area contributed by atoms with Crippen LogP contribution in [0.2, 0.25) is 0 Å². The molecule has 1 aromatic carbocycles. The third-order valence-electron chi connectivity index (χ3n) is 1.88. The van der Waals surface area contributed by atoms with E-state index in [2.05, 4.69) is 5.10 Å². The maximum atomic E-state index is 10.5. The van der Waals surface area contributed by atoms with E-state index in [1.165, 1.54) is 12.1 Å². The molecule has 74 valence electrons. The van der Waals surface area contributed by atoms with Crippen molar-refractivity contribution in [2.45, 2.75) is 13.3 Å². The Hall–Kier alpha value is -1.91. The smallest absolute Gasteiger partial charge is 0.270 e. The molecule has 0 fully saturated rings. The van der Waals surface area contributed by atoms with Crippen LogP contribution < -0.4 is 5.84 Å². The van der Waals surface area contributed by atoms with Crippen molar-refractivity contribution >= 4 is 11.4 Å². The van der Waals surface area contributed by atoms with Gasteiger partial charge in [0.25, 0.3) is 5.69 Å². The molecule has 0 atom stereocenters. The predicted octanol–water partition coefficient (Wildman–Crippen LogP) is 1.67. The first-order valence-corrected chi connectivity index (χ1v) is 4.20. The van der Waals surface area contributed by atoms with Gasteiger partial charge < -0.3 is 5.84 Å². The van der Waals surface area contributed by atoms with E-state index >= 15 is 0 Å². The molecule has 0 spiro atoms. The van der Waals surface area contributed by atoms with Gasteiger partial charge in [0.2, 0.25) is 0 Å². The Bertz CT molecular complexity index is 374. The lowest BCUT2D eigenvalue weighted by molar-refractivity contribution is -0.384. The van der Waals surface area contributed by atoms with E-state index in [-0.39, 0.29) is 5.69 Å². The lowest BCUT2D eigenvalue weighted by atomic mass is 10.1. The fraction of sp³-hybridized carbons (Fsp3) is 0.222. The largest absolute Gasteiger partial charge is 0.323 e. The Morgan fingerprint density at radius 3 is 2.86 bits per heavy atom. The topological polar surface area (TPSA) is 81.5 Å². The third-order valence-corrected chi connectivity index (χ3v) is 1.88. The van der Waals surface area contributed by atoms with Gasteiger partial charge in [0.05, 0.1) is 10.6 Å². The summed E-state index contributed by atoms with van der Waals surface area (Å²) in [4.78, 5) is 10.0. The number of nitrogens with zero attached hydrogens (tertiary/aromatic N) is 2. The highest BCUT2D eigenvalue weighted by Crippen LogP contribution is 2.14. The van der Waals surface area contributed by atoms with Crippen molar-refractivity contribution in [2.24, 2.45) is 10.9 Å². The Balaban J connectivity index is 3.11. The second-order valence-electron chi connectivity index (χ2n) is 2.74. The van der Waals surface area contributed by atoms with Gasteiger partial charge in [-0.2, -0.15) is 5.10 Å². The molecule has 0 radical (unpaired) electrons.